The van der Waals surface area contributed by atoms with E-state index in [9.17, 15) is 22.0 Å². The SMILES string of the molecule is CCOC(=O)[C@@H](C)CNS(=O)(=O)c1ccc(F)cc1F. The third-order valence-corrected chi connectivity index (χ3v) is 3.91. The fraction of sp³-hybridized carbons (Fsp3) is 0.417. The van der Waals surface area contributed by atoms with E-state index in [4.69, 9.17) is 4.74 Å². The van der Waals surface area contributed by atoms with Crippen LogP contribution in [0.5, 0.6) is 0 Å². The molecule has 0 aliphatic carbocycles. The fourth-order valence-corrected chi connectivity index (χ4v) is 2.56. The Hall–Kier alpha value is -1.54. The summed E-state index contributed by atoms with van der Waals surface area (Å²) in [4.78, 5) is 10.7. The smallest absolute Gasteiger partial charge is 0.309 e. The summed E-state index contributed by atoms with van der Waals surface area (Å²) in [5.41, 5.74) is 0. The minimum Gasteiger partial charge on any atom is -0.466 e. The number of sulfonamides is 1. The molecule has 0 amide bonds. The normalized spacial score (nSPS) is 13.0. The van der Waals surface area contributed by atoms with Gasteiger partial charge in [0.05, 0.1) is 12.5 Å². The molecule has 5 nitrogen and oxygen atoms in total. The molecule has 1 N–H and O–H groups in total. The van der Waals surface area contributed by atoms with E-state index in [0.29, 0.717) is 6.07 Å². The lowest BCUT2D eigenvalue weighted by Crippen LogP contribution is -2.32. The zero-order chi connectivity index (χ0) is 15.3. The van der Waals surface area contributed by atoms with Crippen molar-refractivity contribution in [3.63, 3.8) is 0 Å². The van der Waals surface area contributed by atoms with E-state index in [-0.39, 0.29) is 13.2 Å². The maximum absolute atomic E-state index is 13.4. The first-order valence-electron chi connectivity index (χ1n) is 5.89. The number of hydrogen-bond donors (Lipinski definition) is 1. The molecular formula is C12H15F2NO4S. The molecule has 1 rings (SSSR count). The number of esters is 1. The van der Waals surface area contributed by atoms with Crippen LogP contribution in [0, 0.1) is 17.6 Å². The topological polar surface area (TPSA) is 72.5 Å². The highest BCUT2D eigenvalue weighted by atomic mass is 32.2. The predicted octanol–water partition coefficient (Wildman–Crippen LogP) is 1.44. The molecule has 0 heterocycles. The third kappa shape index (κ3) is 4.24. The van der Waals surface area contributed by atoms with Crippen LogP contribution in [0.3, 0.4) is 0 Å². The Morgan fingerprint density at radius 1 is 1.40 bits per heavy atom. The third-order valence-electron chi connectivity index (χ3n) is 2.45. The van der Waals surface area contributed by atoms with Crippen molar-refractivity contribution >= 4 is 16.0 Å². The lowest BCUT2D eigenvalue weighted by Gasteiger charge is -2.12. The molecule has 0 radical (unpaired) electrons. The Morgan fingerprint density at radius 2 is 2.05 bits per heavy atom. The molecule has 1 aromatic carbocycles. The van der Waals surface area contributed by atoms with Crippen LogP contribution in [0.2, 0.25) is 0 Å². The maximum Gasteiger partial charge on any atom is 0.309 e. The monoisotopic (exact) mass is 307 g/mol. The van der Waals surface area contributed by atoms with Gasteiger partial charge in [-0.2, -0.15) is 0 Å². The summed E-state index contributed by atoms with van der Waals surface area (Å²) in [7, 11) is -4.15. The molecule has 0 saturated heterocycles. The molecule has 0 aromatic heterocycles. The fourth-order valence-electron chi connectivity index (χ4n) is 1.37. The van der Waals surface area contributed by atoms with Crippen LogP contribution in [0.1, 0.15) is 13.8 Å². The van der Waals surface area contributed by atoms with Gasteiger partial charge in [0.2, 0.25) is 10.0 Å². The van der Waals surface area contributed by atoms with Gasteiger partial charge in [-0.15, -0.1) is 0 Å². The lowest BCUT2D eigenvalue weighted by atomic mass is 10.2. The standard InChI is InChI=1S/C12H15F2NO4S/c1-3-19-12(16)8(2)7-15-20(17,18)11-5-4-9(13)6-10(11)14/h4-6,8,15H,3,7H2,1-2H3/t8-/m0/s1. The first-order valence-corrected chi connectivity index (χ1v) is 7.37. The van der Waals surface area contributed by atoms with Gasteiger partial charge < -0.3 is 4.74 Å². The molecule has 20 heavy (non-hydrogen) atoms. The van der Waals surface area contributed by atoms with Crippen molar-refractivity contribution in [3.8, 4) is 0 Å². The van der Waals surface area contributed by atoms with Crippen LogP contribution in [-0.4, -0.2) is 27.5 Å². The van der Waals surface area contributed by atoms with Crippen LogP contribution in [0.4, 0.5) is 8.78 Å². The second kappa shape index (κ2) is 6.76. The Labute approximate surface area is 116 Å². The minimum absolute atomic E-state index is 0.183. The number of ether oxygens (including phenoxy) is 1. The van der Waals surface area contributed by atoms with Crippen LogP contribution in [0.25, 0.3) is 0 Å². The Kier molecular flexibility index (Phi) is 5.58. The molecule has 0 unspecified atom stereocenters. The van der Waals surface area contributed by atoms with Gasteiger partial charge in [-0.05, 0) is 19.1 Å². The van der Waals surface area contributed by atoms with Gasteiger partial charge in [-0.1, -0.05) is 6.92 Å². The van der Waals surface area contributed by atoms with Crippen molar-refractivity contribution in [2.24, 2.45) is 5.92 Å². The Morgan fingerprint density at radius 3 is 2.60 bits per heavy atom. The van der Waals surface area contributed by atoms with Gasteiger partial charge in [0, 0.05) is 12.6 Å². The highest BCUT2D eigenvalue weighted by Gasteiger charge is 2.22. The first kappa shape index (κ1) is 16.5. The van der Waals surface area contributed by atoms with Crippen molar-refractivity contribution < 1.29 is 26.7 Å². The van der Waals surface area contributed by atoms with Gasteiger partial charge in [0.25, 0.3) is 0 Å². The number of benzene rings is 1. The van der Waals surface area contributed by atoms with Gasteiger partial charge >= 0.3 is 5.97 Å². The van der Waals surface area contributed by atoms with E-state index in [1.807, 2.05) is 0 Å². The molecule has 0 aliphatic rings. The summed E-state index contributed by atoms with van der Waals surface area (Å²) in [5, 5.41) is 0. The molecule has 0 bridgehead atoms. The number of carbonyl (C=O) groups excluding carboxylic acids is 1. The molecule has 1 atom stereocenters. The Balaban J connectivity index is 2.78. The second-order valence-corrected chi connectivity index (χ2v) is 5.82. The van der Waals surface area contributed by atoms with E-state index >= 15 is 0 Å². The van der Waals surface area contributed by atoms with Crippen LogP contribution >= 0.6 is 0 Å². The van der Waals surface area contributed by atoms with E-state index in [2.05, 4.69) is 4.72 Å². The molecular weight excluding hydrogens is 292 g/mol. The minimum atomic E-state index is -4.15. The van der Waals surface area contributed by atoms with Crippen LogP contribution in [-0.2, 0) is 19.6 Å². The number of nitrogens with one attached hydrogen (secondary N) is 1. The first-order chi connectivity index (χ1) is 9.27. The zero-order valence-electron chi connectivity index (χ0n) is 11.0. The molecule has 0 saturated carbocycles. The highest BCUT2D eigenvalue weighted by Crippen LogP contribution is 2.15. The van der Waals surface area contributed by atoms with E-state index in [0.717, 1.165) is 12.1 Å². The second-order valence-electron chi connectivity index (χ2n) is 4.08. The van der Waals surface area contributed by atoms with Crippen molar-refractivity contribution in [1.29, 1.82) is 0 Å². The molecule has 1 aromatic rings. The maximum atomic E-state index is 13.4. The molecule has 8 heteroatoms. The van der Waals surface area contributed by atoms with Gasteiger partial charge in [-0.3, -0.25) is 4.79 Å². The number of rotatable bonds is 6. The number of carbonyl (C=O) groups is 1. The summed E-state index contributed by atoms with van der Waals surface area (Å²) in [6, 6.07) is 2.14. The van der Waals surface area contributed by atoms with E-state index in [1.165, 1.54) is 6.92 Å². The number of halogens is 2. The quantitative estimate of drug-likeness (QED) is 0.807. The van der Waals surface area contributed by atoms with Gasteiger partial charge in [0.15, 0.2) is 0 Å². The number of hydrogen-bond acceptors (Lipinski definition) is 4. The van der Waals surface area contributed by atoms with Crippen molar-refractivity contribution in [2.45, 2.75) is 18.7 Å². The summed E-state index contributed by atoms with van der Waals surface area (Å²) >= 11 is 0. The molecule has 0 spiro atoms. The molecule has 112 valence electrons. The molecule has 0 aliphatic heterocycles. The van der Waals surface area contributed by atoms with Crippen molar-refractivity contribution in [3.05, 3.63) is 29.8 Å². The predicted molar refractivity (Wildman–Crippen MR) is 67.3 cm³/mol. The lowest BCUT2D eigenvalue weighted by molar-refractivity contribution is -0.147. The van der Waals surface area contributed by atoms with E-state index in [1.54, 1.807) is 6.92 Å². The van der Waals surface area contributed by atoms with Crippen LogP contribution in [0.15, 0.2) is 23.1 Å². The summed E-state index contributed by atoms with van der Waals surface area (Å²) in [6.07, 6.45) is 0. The average molecular weight is 307 g/mol. The summed E-state index contributed by atoms with van der Waals surface area (Å²) < 4.78 is 56.6. The Bertz CT molecular complexity index is 589. The van der Waals surface area contributed by atoms with Gasteiger partial charge in [-0.25, -0.2) is 21.9 Å². The van der Waals surface area contributed by atoms with Crippen molar-refractivity contribution in [1.82, 2.24) is 4.72 Å². The summed E-state index contributed by atoms with van der Waals surface area (Å²) in [6.45, 7) is 3.05. The van der Waals surface area contributed by atoms with E-state index < -0.39 is 38.4 Å². The van der Waals surface area contributed by atoms with Crippen LogP contribution < -0.4 is 4.72 Å². The largest absolute Gasteiger partial charge is 0.466 e. The highest BCUT2D eigenvalue weighted by molar-refractivity contribution is 7.89. The summed E-state index contributed by atoms with van der Waals surface area (Å²) in [5.74, 6) is -3.34. The van der Waals surface area contributed by atoms with Crippen molar-refractivity contribution in [2.75, 3.05) is 13.2 Å². The molecule has 0 fully saturated rings. The van der Waals surface area contributed by atoms with Gasteiger partial charge in [0.1, 0.15) is 16.5 Å². The average Bonchev–Trinajstić information content (AvgIpc) is 2.35. The zero-order valence-corrected chi connectivity index (χ0v) is 11.8.